The van der Waals surface area contributed by atoms with E-state index in [1.54, 1.807) is 0 Å². The Morgan fingerprint density at radius 2 is 0.517 bits per heavy atom. The van der Waals surface area contributed by atoms with Crippen LogP contribution in [0.4, 0.5) is 0 Å². The zero-order chi connectivity index (χ0) is 65.6. The smallest absolute Gasteiger partial charge is 0.462 e. The Labute approximate surface area is 543 Å². The summed E-state index contributed by atoms with van der Waals surface area (Å²) in [6.45, 7) is 7.24. The van der Waals surface area contributed by atoms with E-state index >= 15 is 0 Å². The normalized spacial score (nSPS) is 14.1. The van der Waals surface area contributed by atoms with Gasteiger partial charge < -0.3 is 33.8 Å². The number of rotatable bonds is 70. The van der Waals surface area contributed by atoms with E-state index < -0.39 is 97.5 Å². The third-order valence-electron chi connectivity index (χ3n) is 16.3. The predicted octanol–water partition coefficient (Wildman–Crippen LogP) is 20.1. The third-order valence-corrected chi connectivity index (χ3v) is 18.2. The highest BCUT2D eigenvalue weighted by Crippen LogP contribution is 2.45. The maximum atomic E-state index is 13.0. The van der Waals surface area contributed by atoms with E-state index in [9.17, 15) is 43.2 Å². The first-order valence-corrected chi connectivity index (χ1v) is 39.6. The molecule has 0 aliphatic rings. The molecule has 0 heterocycles. The van der Waals surface area contributed by atoms with E-state index in [-0.39, 0.29) is 25.7 Å². The number of hydrogen-bond acceptors (Lipinski definition) is 15. The highest BCUT2D eigenvalue weighted by Gasteiger charge is 2.30. The molecule has 0 aromatic carbocycles. The standard InChI is InChI=1S/C70H136O17P2/c1-6-9-12-15-18-21-22-23-24-27-30-35-39-44-49-54-68(73)81-60-66(87-70(75)56-51-46-41-36-31-28-25-26-29-34-37-42-47-52-63(4)5)62-85-89(78,79)83-58-64(71)57-82-88(76,77)84-61-65(86-69(74)55-50-45-40-33-20-17-14-11-8-3)59-80-67(72)53-48-43-38-32-19-16-13-10-7-2/h63-66,71H,6-62H2,1-5H3,(H,76,77)(H,78,79)/t64-,65+,66+/m0/s1. The fourth-order valence-corrected chi connectivity index (χ4v) is 12.2. The van der Waals surface area contributed by atoms with Crippen molar-refractivity contribution in [3.63, 3.8) is 0 Å². The number of aliphatic hydroxyl groups is 1. The lowest BCUT2D eigenvalue weighted by Gasteiger charge is -2.21. The zero-order valence-corrected chi connectivity index (χ0v) is 59.4. The van der Waals surface area contributed by atoms with Crippen LogP contribution in [-0.4, -0.2) is 96.7 Å². The second-order valence-corrected chi connectivity index (χ2v) is 28.7. The first-order valence-electron chi connectivity index (χ1n) is 36.6. The summed E-state index contributed by atoms with van der Waals surface area (Å²) in [6.07, 6.45) is 49.9. The molecule has 5 atom stereocenters. The average molecular weight is 1310 g/mol. The zero-order valence-electron chi connectivity index (χ0n) is 57.6. The minimum absolute atomic E-state index is 0.106. The van der Waals surface area contributed by atoms with Gasteiger partial charge in [-0.15, -0.1) is 0 Å². The van der Waals surface area contributed by atoms with Gasteiger partial charge in [0.2, 0.25) is 0 Å². The molecule has 528 valence electrons. The van der Waals surface area contributed by atoms with Crippen LogP contribution in [0, 0.1) is 5.92 Å². The molecule has 0 aliphatic heterocycles. The Hall–Kier alpha value is -1.94. The molecule has 3 N–H and O–H groups in total. The van der Waals surface area contributed by atoms with Crippen molar-refractivity contribution in [2.45, 2.75) is 380 Å². The number of phosphoric ester groups is 2. The van der Waals surface area contributed by atoms with E-state index in [1.165, 1.54) is 186 Å². The monoisotopic (exact) mass is 1310 g/mol. The highest BCUT2D eigenvalue weighted by molar-refractivity contribution is 7.47. The molecule has 0 saturated heterocycles. The van der Waals surface area contributed by atoms with Gasteiger partial charge in [0.25, 0.3) is 0 Å². The third kappa shape index (κ3) is 64.6. The van der Waals surface area contributed by atoms with Crippen LogP contribution < -0.4 is 0 Å². The van der Waals surface area contributed by atoms with Crippen LogP contribution in [0.15, 0.2) is 0 Å². The predicted molar refractivity (Wildman–Crippen MR) is 358 cm³/mol. The van der Waals surface area contributed by atoms with Gasteiger partial charge in [0.1, 0.15) is 19.3 Å². The van der Waals surface area contributed by atoms with Gasteiger partial charge in [0, 0.05) is 25.7 Å². The first kappa shape index (κ1) is 87.1. The number of ether oxygens (including phenoxy) is 4. The number of unbranched alkanes of at least 4 members (excludes halogenated alkanes) is 42. The minimum Gasteiger partial charge on any atom is -0.462 e. The largest absolute Gasteiger partial charge is 0.472 e. The summed E-state index contributed by atoms with van der Waals surface area (Å²) in [6, 6.07) is 0. The van der Waals surface area contributed by atoms with Crippen molar-refractivity contribution in [1.29, 1.82) is 0 Å². The van der Waals surface area contributed by atoms with Crippen molar-refractivity contribution in [3.8, 4) is 0 Å². The van der Waals surface area contributed by atoms with Crippen LogP contribution >= 0.6 is 15.6 Å². The van der Waals surface area contributed by atoms with Gasteiger partial charge in [-0.05, 0) is 31.6 Å². The Bertz CT molecular complexity index is 1720. The number of phosphoric acid groups is 2. The number of carbonyl (C=O) groups excluding carboxylic acids is 4. The molecule has 19 heteroatoms. The Morgan fingerprint density at radius 1 is 0.303 bits per heavy atom. The van der Waals surface area contributed by atoms with Gasteiger partial charge in [-0.3, -0.25) is 37.3 Å². The molecule has 17 nitrogen and oxygen atoms in total. The van der Waals surface area contributed by atoms with Crippen LogP contribution in [0.5, 0.6) is 0 Å². The van der Waals surface area contributed by atoms with Gasteiger partial charge >= 0.3 is 39.5 Å². The summed E-state index contributed by atoms with van der Waals surface area (Å²) in [5.41, 5.74) is 0. The summed E-state index contributed by atoms with van der Waals surface area (Å²) in [7, 11) is -9.89. The number of esters is 4. The summed E-state index contributed by atoms with van der Waals surface area (Å²) in [5, 5.41) is 10.6. The van der Waals surface area contributed by atoms with Crippen LogP contribution in [0.3, 0.4) is 0 Å². The lowest BCUT2D eigenvalue weighted by Crippen LogP contribution is -2.30. The average Bonchev–Trinajstić information content (AvgIpc) is 3.67. The van der Waals surface area contributed by atoms with Crippen molar-refractivity contribution < 1.29 is 80.2 Å². The lowest BCUT2D eigenvalue weighted by atomic mass is 10.0. The van der Waals surface area contributed by atoms with Crippen LogP contribution in [0.25, 0.3) is 0 Å². The number of carbonyl (C=O) groups is 4. The van der Waals surface area contributed by atoms with Crippen molar-refractivity contribution >= 4 is 39.5 Å². The van der Waals surface area contributed by atoms with Crippen LogP contribution in [-0.2, 0) is 65.4 Å². The van der Waals surface area contributed by atoms with Crippen molar-refractivity contribution in [3.05, 3.63) is 0 Å². The molecule has 0 aliphatic carbocycles. The molecule has 0 radical (unpaired) electrons. The van der Waals surface area contributed by atoms with E-state index in [1.807, 2.05) is 0 Å². The molecule has 0 amide bonds. The van der Waals surface area contributed by atoms with Gasteiger partial charge in [-0.1, -0.05) is 311 Å². The quantitative estimate of drug-likeness (QED) is 0.0222. The summed E-state index contributed by atoms with van der Waals surface area (Å²) < 4.78 is 68.2. The summed E-state index contributed by atoms with van der Waals surface area (Å²) in [5.74, 6) is -1.34. The fraction of sp³-hybridized carbons (Fsp3) is 0.943. The number of aliphatic hydroxyl groups excluding tert-OH is 1. The molecule has 0 aromatic rings. The first-order chi connectivity index (χ1) is 43.0. The second-order valence-electron chi connectivity index (χ2n) is 25.7. The highest BCUT2D eigenvalue weighted by atomic mass is 31.2. The van der Waals surface area contributed by atoms with E-state index in [2.05, 4.69) is 34.6 Å². The Morgan fingerprint density at radius 3 is 0.764 bits per heavy atom. The maximum Gasteiger partial charge on any atom is 0.472 e. The minimum atomic E-state index is -4.95. The van der Waals surface area contributed by atoms with Gasteiger partial charge in [-0.25, -0.2) is 9.13 Å². The van der Waals surface area contributed by atoms with Crippen molar-refractivity contribution in [2.24, 2.45) is 5.92 Å². The Balaban J connectivity index is 5.21. The SMILES string of the molecule is CCCCCCCCCCCCCCCCCC(=O)OC[C@H](COP(=O)(O)OC[C@@H](O)COP(=O)(O)OC[C@@H](COC(=O)CCCCCCCCCCC)OC(=O)CCCCCCCCCCC)OC(=O)CCCCCCCCCCCCCCCC(C)C. The lowest BCUT2D eigenvalue weighted by molar-refractivity contribution is -0.161. The maximum absolute atomic E-state index is 13.0. The second kappa shape index (κ2) is 63.5. The molecular weight excluding hydrogens is 1170 g/mol. The molecule has 0 bridgehead atoms. The van der Waals surface area contributed by atoms with Crippen LogP contribution in [0.2, 0.25) is 0 Å². The fourth-order valence-electron chi connectivity index (χ4n) is 10.6. The molecule has 0 aromatic heterocycles. The Kier molecular flexibility index (Phi) is 62.1. The molecule has 2 unspecified atom stereocenters. The van der Waals surface area contributed by atoms with Gasteiger partial charge in [0.15, 0.2) is 12.2 Å². The molecule has 89 heavy (non-hydrogen) atoms. The number of hydrogen-bond donors (Lipinski definition) is 3. The summed E-state index contributed by atoms with van der Waals surface area (Å²) in [4.78, 5) is 72.4. The van der Waals surface area contributed by atoms with E-state index in [0.717, 1.165) is 95.8 Å². The van der Waals surface area contributed by atoms with E-state index in [0.29, 0.717) is 25.7 Å². The summed E-state index contributed by atoms with van der Waals surface area (Å²) >= 11 is 0. The molecule has 0 saturated carbocycles. The molecule has 0 spiro atoms. The topological polar surface area (TPSA) is 237 Å². The van der Waals surface area contributed by atoms with Crippen molar-refractivity contribution in [2.75, 3.05) is 39.6 Å². The van der Waals surface area contributed by atoms with E-state index in [4.69, 9.17) is 37.0 Å². The van der Waals surface area contributed by atoms with Crippen LogP contribution in [0.1, 0.15) is 362 Å². The van der Waals surface area contributed by atoms with Gasteiger partial charge in [0.05, 0.1) is 26.4 Å². The molecular formula is C70H136O17P2. The van der Waals surface area contributed by atoms with Gasteiger partial charge in [-0.2, -0.15) is 0 Å². The molecule has 0 rings (SSSR count). The van der Waals surface area contributed by atoms with Crippen molar-refractivity contribution in [1.82, 2.24) is 0 Å². The molecule has 0 fully saturated rings.